The summed E-state index contributed by atoms with van der Waals surface area (Å²) in [5.74, 6) is 2.67. The molecule has 0 aliphatic heterocycles. The van der Waals surface area contributed by atoms with Crippen LogP contribution in [-0.4, -0.2) is 18.2 Å². The highest BCUT2D eigenvalue weighted by Crippen LogP contribution is 2.23. The molecule has 0 radical (unpaired) electrons. The van der Waals surface area contributed by atoms with Crippen LogP contribution in [0.5, 0.6) is 0 Å². The Bertz CT molecular complexity index is 836. The fourth-order valence-corrected chi connectivity index (χ4v) is 2.54. The van der Waals surface area contributed by atoms with Crippen molar-refractivity contribution in [2.75, 3.05) is 7.05 Å². The van der Waals surface area contributed by atoms with E-state index in [1.807, 2.05) is 43.3 Å². The van der Waals surface area contributed by atoms with E-state index >= 15 is 0 Å². The summed E-state index contributed by atoms with van der Waals surface area (Å²) in [5.41, 5.74) is 1.84. The molecule has 7 heteroatoms. The first-order valence-electron chi connectivity index (χ1n) is 8.48. The third-order valence-electron chi connectivity index (χ3n) is 4.05. The number of fused-ring (bicyclic) bond motifs is 1. The number of nitrogens with one attached hydrogen (secondary N) is 2. The van der Waals surface area contributed by atoms with E-state index in [1.54, 1.807) is 7.05 Å². The van der Waals surface area contributed by atoms with Gasteiger partial charge in [0.1, 0.15) is 11.3 Å². The van der Waals surface area contributed by atoms with Crippen molar-refractivity contribution < 1.29 is 8.94 Å². The summed E-state index contributed by atoms with van der Waals surface area (Å²) in [5, 5.41) is 11.7. The van der Waals surface area contributed by atoms with Crippen molar-refractivity contribution in [2.24, 2.45) is 4.99 Å². The van der Waals surface area contributed by atoms with Gasteiger partial charge in [-0.1, -0.05) is 37.2 Å². The largest absolute Gasteiger partial charge is 0.459 e. The number of para-hydroxylation sites is 1. The molecule has 26 heavy (non-hydrogen) atoms. The Morgan fingerprint density at radius 3 is 2.62 bits per heavy atom. The number of aromatic nitrogens is 1. The van der Waals surface area contributed by atoms with E-state index in [4.69, 9.17) is 8.94 Å². The minimum absolute atomic E-state index is 0. The highest BCUT2D eigenvalue weighted by atomic mass is 127. The van der Waals surface area contributed by atoms with Gasteiger partial charge in [0.2, 0.25) is 0 Å². The van der Waals surface area contributed by atoms with Crippen LogP contribution >= 0.6 is 24.0 Å². The fraction of sp³-hybridized carbons (Fsp3) is 0.368. The maximum atomic E-state index is 5.89. The Kier molecular flexibility index (Phi) is 7.07. The first-order valence-corrected chi connectivity index (χ1v) is 8.48. The summed E-state index contributed by atoms with van der Waals surface area (Å²) in [6.07, 6.45) is 0. The van der Waals surface area contributed by atoms with Gasteiger partial charge in [-0.25, -0.2) is 0 Å². The van der Waals surface area contributed by atoms with Gasteiger partial charge in [0.25, 0.3) is 0 Å². The summed E-state index contributed by atoms with van der Waals surface area (Å²) >= 11 is 0. The van der Waals surface area contributed by atoms with E-state index in [0.29, 0.717) is 18.4 Å². The van der Waals surface area contributed by atoms with Crippen molar-refractivity contribution in [3.05, 3.63) is 53.6 Å². The van der Waals surface area contributed by atoms with Crippen LogP contribution in [0, 0.1) is 0 Å². The van der Waals surface area contributed by atoms with Crippen LogP contribution in [0.25, 0.3) is 11.0 Å². The highest BCUT2D eigenvalue weighted by Gasteiger charge is 2.14. The molecule has 3 rings (SSSR count). The predicted octanol–water partition coefficient (Wildman–Crippen LogP) is 4.59. The van der Waals surface area contributed by atoms with Gasteiger partial charge in [0, 0.05) is 18.5 Å². The number of nitrogens with zero attached hydrogens (tertiary/aromatic N) is 2. The number of guanidine groups is 1. The summed E-state index contributed by atoms with van der Waals surface area (Å²) < 4.78 is 11.2. The van der Waals surface area contributed by atoms with Gasteiger partial charge < -0.3 is 19.6 Å². The molecule has 0 aliphatic carbocycles. The van der Waals surface area contributed by atoms with E-state index in [1.165, 1.54) is 0 Å². The second-order valence-electron chi connectivity index (χ2n) is 6.35. The molecule has 1 unspecified atom stereocenters. The maximum Gasteiger partial charge on any atom is 0.191 e. The molecule has 0 saturated heterocycles. The quantitative estimate of drug-likeness (QED) is 0.326. The summed E-state index contributed by atoms with van der Waals surface area (Å²) in [7, 11) is 1.74. The van der Waals surface area contributed by atoms with Crippen molar-refractivity contribution in [3.63, 3.8) is 0 Å². The van der Waals surface area contributed by atoms with Gasteiger partial charge in [-0.15, -0.1) is 24.0 Å². The molecule has 0 aliphatic rings. The average molecular weight is 468 g/mol. The highest BCUT2D eigenvalue weighted by molar-refractivity contribution is 14.0. The number of halogens is 1. The molecule has 2 N–H and O–H groups in total. The molecule has 0 saturated carbocycles. The number of benzene rings is 1. The fourth-order valence-electron chi connectivity index (χ4n) is 2.54. The van der Waals surface area contributed by atoms with Gasteiger partial charge in [-0.2, -0.15) is 0 Å². The van der Waals surface area contributed by atoms with Crippen LogP contribution in [0.15, 0.2) is 50.3 Å². The molecular formula is C19H25IN4O2. The minimum atomic E-state index is -0.0143. The number of furan rings is 1. The van der Waals surface area contributed by atoms with E-state index in [9.17, 15) is 0 Å². The third-order valence-corrected chi connectivity index (χ3v) is 4.05. The first kappa shape index (κ1) is 20.3. The Hall–Kier alpha value is -2.03. The Morgan fingerprint density at radius 2 is 1.96 bits per heavy atom. The zero-order valence-corrected chi connectivity index (χ0v) is 17.8. The number of hydrogen-bond acceptors (Lipinski definition) is 4. The second-order valence-corrected chi connectivity index (χ2v) is 6.35. The average Bonchev–Trinajstić information content (AvgIpc) is 3.25. The Labute approximate surface area is 170 Å². The van der Waals surface area contributed by atoms with Crippen molar-refractivity contribution in [2.45, 2.75) is 39.3 Å². The van der Waals surface area contributed by atoms with Crippen LogP contribution in [-0.2, 0) is 6.54 Å². The molecule has 0 bridgehead atoms. The van der Waals surface area contributed by atoms with Crippen LogP contribution < -0.4 is 10.6 Å². The van der Waals surface area contributed by atoms with Crippen LogP contribution in [0.2, 0.25) is 0 Å². The monoisotopic (exact) mass is 468 g/mol. The molecule has 0 spiro atoms. The molecule has 1 aromatic carbocycles. The molecule has 2 aromatic heterocycles. The van der Waals surface area contributed by atoms with Crippen LogP contribution in [0.3, 0.4) is 0 Å². The van der Waals surface area contributed by atoms with Crippen LogP contribution in [0.1, 0.15) is 49.9 Å². The van der Waals surface area contributed by atoms with Crippen molar-refractivity contribution >= 4 is 40.9 Å². The van der Waals surface area contributed by atoms with E-state index in [-0.39, 0.29) is 30.0 Å². The number of aliphatic imine (C=N–C) groups is 1. The molecule has 0 amide bonds. The predicted molar refractivity (Wildman–Crippen MR) is 114 cm³/mol. The van der Waals surface area contributed by atoms with E-state index < -0.39 is 0 Å². The SMILES string of the molecule is CN=C(NCc1cc(C(C)C)no1)NC(C)c1cc2ccccc2o1.I. The molecule has 1 atom stereocenters. The Balaban J connectivity index is 0.00000243. The Morgan fingerprint density at radius 1 is 1.19 bits per heavy atom. The molecule has 0 fully saturated rings. The van der Waals surface area contributed by atoms with Gasteiger partial charge in [0.15, 0.2) is 11.7 Å². The number of hydrogen-bond donors (Lipinski definition) is 2. The van der Waals surface area contributed by atoms with Gasteiger partial charge in [-0.05, 0) is 25.0 Å². The van der Waals surface area contributed by atoms with Gasteiger partial charge >= 0.3 is 0 Å². The van der Waals surface area contributed by atoms with E-state index in [2.05, 4.69) is 34.6 Å². The van der Waals surface area contributed by atoms with Crippen LogP contribution in [0.4, 0.5) is 0 Å². The zero-order chi connectivity index (χ0) is 17.8. The number of rotatable bonds is 5. The molecule has 2 heterocycles. The van der Waals surface area contributed by atoms with Gasteiger partial charge in [-0.3, -0.25) is 4.99 Å². The van der Waals surface area contributed by atoms with Crippen molar-refractivity contribution in [3.8, 4) is 0 Å². The first-order chi connectivity index (χ1) is 12.1. The third kappa shape index (κ3) is 4.78. The van der Waals surface area contributed by atoms with Crippen molar-refractivity contribution in [1.82, 2.24) is 15.8 Å². The lowest BCUT2D eigenvalue weighted by molar-refractivity contribution is 0.371. The topological polar surface area (TPSA) is 75.6 Å². The second kappa shape index (κ2) is 9.07. The normalized spacial score (nSPS) is 12.9. The minimum Gasteiger partial charge on any atom is -0.459 e. The summed E-state index contributed by atoms with van der Waals surface area (Å²) in [6.45, 7) is 6.73. The lowest BCUT2D eigenvalue weighted by atomic mass is 10.1. The lowest BCUT2D eigenvalue weighted by Gasteiger charge is -2.15. The summed E-state index contributed by atoms with van der Waals surface area (Å²) in [6, 6.07) is 12.0. The summed E-state index contributed by atoms with van der Waals surface area (Å²) in [4.78, 5) is 4.26. The standard InChI is InChI=1S/C19H24N4O2.HI/c1-12(2)16-10-15(25-23-16)11-21-19(20-4)22-13(3)18-9-14-7-5-6-8-17(14)24-18;/h5-10,12-13H,11H2,1-4H3,(H2,20,21,22);1H. The maximum absolute atomic E-state index is 5.89. The smallest absolute Gasteiger partial charge is 0.191 e. The van der Waals surface area contributed by atoms with Crippen molar-refractivity contribution in [1.29, 1.82) is 0 Å². The lowest BCUT2D eigenvalue weighted by Crippen LogP contribution is -2.38. The molecule has 140 valence electrons. The molecular weight excluding hydrogens is 443 g/mol. The zero-order valence-electron chi connectivity index (χ0n) is 15.4. The van der Waals surface area contributed by atoms with E-state index in [0.717, 1.165) is 28.2 Å². The van der Waals surface area contributed by atoms with Gasteiger partial charge in [0.05, 0.1) is 18.3 Å². The molecule has 6 nitrogen and oxygen atoms in total. The molecule has 3 aromatic rings.